The topological polar surface area (TPSA) is 72.3 Å². The first-order valence-corrected chi connectivity index (χ1v) is 9.78. The number of carboxylic acid groups (broad SMARTS) is 1. The summed E-state index contributed by atoms with van der Waals surface area (Å²) >= 11 is 2.69. The molecule has 1 N–H and O–H groups in total. The van der Waals surface area contributed by atoms with Crippen molar-refractivity contribution in [2.24, 2.45) is 0 Å². The molecule has 0 saturated heterocycles. The van der Waals surface area contributed by atoms with Crippen molar-refractivity contribution in [3.63, 3.8) is 0 Å². The second kappa shape index (κ2) is 7.30. The van der Waals surface area contributed by atoms with E-state index in [9.17, 15) is 9.90 Å². The van der Waals surface area contributed by atoms with E-state index in [0.29, 0.717) is 16.5 Å². The Morgan fingerprint density at radius 3 is 2.63 bits per heavy atom. The molecule has 0 bridgehead atoms. The Labute approximate surface area is 163 Å². The number of aromatic nitrogens is 2. The van der Waals surface area contributed by atoms with Gasteiger partial charge < -0.3 is 9.84 Å². The first-order valence-electron chi connectivity index (χ1n) is 8.09. The molecular weight excluding hydrogens is 380 g/mol. The third kappa shape index (κ3) is 3.60. The fraction of sp³-hybridized carbons (Fsp3) is 0.0500. The Morgan fingerprint density at radius 1 is 1.15 bits per heavy atom. The van der Waals surface area contributed by atoms with Crippen LogP contribution in [0, 0.1) is 6.92 Å². The second-order valence-corrected chi connectivity index (χ2v) is 7.62. The number of carboxylic acids is 1. The molecule has 5 nitrogen and oxygen atoms in total. The third-order valence-corrected chi connectivity index (χ3v) is 5.89. The van der Waals surface area contributed by atoms with Crippen LogP contribution in [0.25, 0.3) is 21.0 Å². The van der Waals surface area contributed by atoms with E-state index in [2.05, 4.69) is 9.97 Å². The molecule has 134 valence electrons. The van der Waals surface area contributed by atoms with Crippen LogP contribution < -0.4 is 4.74 Å². The number of thiazole rings is 2. The van der Waals surface area contributed by atoms with Crippen molar-refractivity contribution in [2.45, 2.75) is 6.92 Å². The van der Waals surface area contributed by atoms with Crippen LogP contribution in [0.5, 0.6) is 11.5 Å². The Bertz CT molecular complexity index is 1090. The lowest BCUT2D eigenvalue weighted by Crippen LogP contribution is -1.94. The number of benzene rings is 2. The van der Waals surface area contributed by atoms with Gasteiger partial charge in [-0.2, -0.15) is 0 Å². The summed E-state index contributed by atoms with van der Waals surface area (Å²) in [5, 5.41) is 9.95. The Morgan fingerprint density at radius 2 is 1.96 bits per heavy atom. The summed E-state index contributed by atoms with van der Waals surface area (Å²) < 4.78 is 6.06. The standard InChI is InChI=1S/C20H14N2O3S2/c1-12-18(20(23)24)27-19(22-12)13-7-8-16(25-14-5-3-2-4-6-14)15(9-13)17-10-21-11-26-17/h2-11H,1H3,(H,23,24). The summed E-state index contributed by atoms with van der Waals surface area (Å²) in [4.78, 5) is 21.1. The zero-order valence-electron chi connectivity index (χ0n) is 14.2. The van der Waals surface area contributed by atoms with Gasteiger partial charge in [0.05, 0.1) is 16.1 Å². The van der Waals surface area contributed by atoms with Gasteiger partial charge in [-0.25, -0.2) is 9.78 Å². The van der Waals surface area contributed by atoms with Crippen molar-refractivity contribution in [2.75, 3.05) is 0 Å². The smallest absolute Gasteiger partial charge is 0.347 e. The van der Waals surface area contributed by atoms with Crippen molar-refractivity contribution >= 4 is 28.6 Å². The van der Waals surface area contributed by atoms with Crippen LogP contribution in [-0.4, -0.2) is 21.0 Å². The van der Waals surface area contributed by atoms with Gasteiger partial charge in [0.15, 0.2) is 0 Å². The first kappa shape index (κ1) is 17.4. The normalized spacial score (nSPS) is 10.7. The number of ether oxygens (including phenoxy) is 1. The highest BCUT2D eigenvalue weighted by molar-refractivity contribution is 7.17. The average Bonchev–Trinajstić information content (AvgIpc) is 3.33. The molecule has 4 rings (SSSR count). The maximum atomic E-state index is 11.3. The number of aromatic carboxylic acids is 1. The lowest BCUT2D eigenvalue weighted by Gasteiger charge is -2.11. The number of para-hydroxylation sites is 1. The molecule has 2 aromatic heterocycles. The predicted octanol–water partition coefficient (Wildman–Crippen LogP) is 5.73. The summed E-state index contributed by atoms with van der Waals surface area (Å²) in [6, 6.07) is 15.3. The number of carbonyl (C=O) groups is 1. The zero-order valence-corrected chi connectivity index (χ0v) is 15.9. The van der Waals surface area contributed by atoms with Gasteiger partial charge in [0.2, 0.25) is 0 Å². The highest BCUT2D eigenvalue weighted by atomic mass is 32.1. The molecular formula is C20H14N2O3S2. The fourth-order valence-corrected chi connectivity index (χ4v) is 4.17. The van der Waals surface area contributed by atoms with Gasteiger partial charge in [-0.3, -0.25) is 4.98 Å². The van der Waals surface area contributed by atoms with E-state index >= 15 is 0 Å². The number of nitrogens with zero attached hydrogens (tertiary/aromatic N) is 2. The van der Waals surface area contributed by atoms with Crippen molar-refractivity contribution in [1.82, 2.24) is 9.97 Å². The molecule has 0 spiro atoms. The van der Waals surface area contributed by atoms with Gasteiger partial charge in [0.25, 0.3) is 0 Å². The van der Waals surface area contributed by atoms with Crippen LogP contribution in [0.4, 0.5) is 0 Å². The number of aryl methyl sites for hydroxylation is 1. The van der Waals surface area contributed by atoms with E-state index in [1.807, 2.05) is 48.5 Å². The largest absolute Gasteiger partial charge is 0.477 e. The Hall–Kier alpha value is -3.03. The molecule has 7 heteroatoms. The molecule has 27 heavy (non-hydrogen) atoms. The molecule has 0 atom stereocenters. The van der Waals surface area contributed by atoms with Crippen LogP contribution in [0.2, 0.25) is 0 Å². The molecule has 4 aromatic rings. The highest BCUT2D eigenvalue weighted by Crippen LogP contribution is 2.39. The maximum absolute atomic E-state index is 11.3. The quantitative estimate of drug-likeness (QED) is 0.468. The Kier molecular flexibility index (Phi) is 4.70. The summed E-state index contributed by atoms with van der Waals surface area (Å²) in [6.07, 6.45) is 1.79. The molecule has 0 fully saturated rings. The molecule has 0 saturated carbocycles. The predicted molar refractivity (Wildman–Crippen MR) is 107 cm³/mol. The first-order chi connectivity index (χ1) is 13.1. The van der Waals surface area contributed by atoms with Crippen LogP contribution in [0.1, 0.15) is 15.4 Å². The summed E-state index contributed by atoms with van der Waals surface area (Å²) in [5.74, 6) is 0.498. The van der Waals surface area contributed by atoms with Gasteiger partial charge in [0, 0.05) is 17.3 Å². The van der Waals surface area contributed by atoms with Gasteiger partial charge >= 0.3 is 5.97 Å². The summed E-state index contributed by atoms with van der Waals surface area (Å²) in [5.41, 5.74) is 4.03. The molecule has 0 amide bonds. The van der Waals surface area contributed by atoms with E-state index < -0.39 is 5.97 Å². The maximum Gasteiger partial charge on any atom is 0.347 e. The lowest BCUT2D eigenvalue weighted by atomic mass is 10.1. The fourth-order valence-electron chi connectivity index (χ4n) is 2.63. The van der Waals surface area contributed by atoms with Crippen molar-refractivity contribution in [1.29, 1.82) is 0 Å². The average molecular weight is 394 g/mol. The van der Waals surface area contributed by atoms with Gasteiger partial charge in [0.1, 0.15) is 21.4 Å². The number of hydrogen-bond acceptors (Lipinski definition) is 6. The molecule has 0 aliphatic carbocycles. The minimum absolute atomic E-state index is 0.258. The van der Waals surface area contributed by atoms with E-state index in [1.54, 1.807) is 18.6 Å². The molecule has 0 aliphatic rings. The molecule has 0 unspecified atom stereocenters. The lowest BCUT2D eigenvalue weighted by molar-refractivity contribution is 0.0701. The summed E-state index contributed by atoms with van der Waals surface area (Å²) in [7, 11) is 0. The third-order valence-electron chi connectivity index (χ3n) is 3.89. The monoisotopic (exact) mass is 394 g/mol. The SMILES string of the molecule is Cc1nc(-c2ccc(Oc3ccccc3)c(-c3cncs3)c2)sc1C(=O)O. The summed E-state index contributed by atoms with van der Waals surface area (Å²) in [6.45, 7) is 1.71. The molecule has 0 aliphatic heterocycles. The van der Waals surface area contributed by atoms with E-state index in [1.165, 1.54) is 22.7 Å². The van der Waals surface area contributed by atoms with Crippen molar-refractivity contribution < 1.29 is 14.6 Å². The Balaban J connectivity index is 1.78. The van der Waals surface area contributed by atoms with E-state index in [-0.39, 0.29) is 4.88 Å². The minimum Gasteiger partial charge on any atom is -0.477 e. The minimum atomic E-state index is -0.956. The van der Waals surface area contributed by atoms with Crippen LogP contribution in [0.15, 0.2) is 60.2 Å². The van der Waals surface area contributed by atoms with Crippen LogP contribution >= 0.6 is 22.7 Å². The van der Waals surface area contributed by atoms with E-state index in [4.69, 9.17) is 4.74 Å². The van der Waals surface area contributed by atoms with Crippen molar-refractivity contribution in [3.8, 4) is 32.5 Å². The molecule has 0 radical (unpaired) electrons. The van der Waals surface area contributed by atoms with Crippen LogP contribution in [-0.2, 0) is 0 Å². The highest BCUT2D eigenvalue weighted by Gasteiger charge is 2.17. The number of rotatable bonds is 5. The van der Waals surface area contributed by atoms with E-state index in [0.717, 1.165) is 21.8 Å². The zero-order chi connectivity index (χ0) is 18.8. The molecule has 2 aromatic carbocycles. The van der Waals surface area contributed by atoms with Gasteiger partial charge in [-0.1, -0.05) is 18.2 Å². The van der Waals surface area contributed by atoms with Crippen LogP contribution in [0.3, 0.4) is 0 Å². The molecule has 2 heterocycles. The van der Waals surface area contributed by atoms with Gasteiger partial charge in [-0.15, -0.1) is 22.7 Å². The van der Waals surface area contributed by atoms with Crippen molar-refractivity contribution in [3.05, 3.63) is 70.8 Å². The van der Waals surface area contributed by atoms with Gasteiger partial charge in [-0.05, 0) is 37.3 Å². The second-order valence-electron chi connectivity index (χ2n) is 5.73. The number of hydrogen-bond donors (Lipinski definition) is 1.